The van der Waals surface area contributed by atoms with Gasteiger partial charge in [0.1, 0.15) is 17.2 Å². The van der Waals surface area contributed by atoms with Crippen molar-refractivity contribution in [2.75, 3.05) is 27.7 Å². The van der Waals surface area contributed by atoms with Gasteiger partial charge in [0, 0.05) is 12.5 Å². The van der Waals surface area contributed by atoms with Gasteiger partial charge in [-0.3, -0.25) is 0 Å². The van der Waals surface area contributed by atoms with E-state index in [0.717, 1.165) is 29.0 Å². The molecule has 3 aromatic carbocycles. The molecule has 0 unspecified atom stereocenters. The average molecular weight is 582 g/mol. The minimum atomic E-state index is -2.05. The van der Waals surface area contributed by atoms with E-state index < -0.39 is 29.7 Å². The van der Waals surface area contributed by atoms with Crippen LogP contribution in [0, 0.1) is 19.8 Å². The molecule has 4 atom stereocenters. The number of benzene rings is 3. The standard InChI is InChI=1S/C18H18O6.C15H25NO2/c1-11-3-7-13(8-4-11)23-17(21)15(19)16(20)18(22)24-14-9-5-12(2)6-10-14;1-6-15(17,12(2)11-16(3)4)13-8-7-9-14(10-13)18-5/h3-10,15-16,19-20H,1-2H3;7-10,12,17H,6,11H2,1-5H3/t15-,16-;12-,15+/m10/s1. The van der Waals surface area contributed by atoms with Gasteiger partial charge in [0.05, 0.1) is 12.7 Å². The van der Waals surface area contributed by atoms with Crippen LogP contribution in [0.4, 0.5) is 0 Å². The summed E-state index contributed by atoms with van der Waals surface area (Å²) in [6, 6.07) is 20.8. The van der Waals surface area contributed by atoms with E-state index in [1.54, 1.807) is 31.4 Å². The monoisotopic (exact) mass is 581 g/mol. The minimum absolute atomic E-state index is 0.157. The Morgan fingerprint density at radius 2 is 1.26 bits per heavy atom. The summed E-state index contributed by atoms with van der Waals surface area (Å²) in [4.78, 5) is 25.7. The molecule has 0 fully saturated rings. The van der Waals surface area contributed by atoms with Crippen LogP contribution in [0.1, 0.15) is 37.0 Å². The van der Waals surface area contributed by atoms with Crippen LogP contribution in [0.5, 0.6) is 17.2 Å². The Bertz CT molecular complexity index is 1210. The molecule has 0 aliphatic rings. The first-order valence-electron chi connectivity index (χ1n) is 13.7. The lowest BCUT2D eigenvalue weighted by molar-refractivity contribution is -0.162. The number of ether oxygens (including phenoxy) is 3. The van der Waals surface area contributed by atoms with Crippen molar-refractivity contribution < 1.29 is 39.1 Å². The molecular formula is C33H43NO8. The Kier molecular flexibility index (Phi) is 13.1. The maximum absolute atomic E-state index is 11.8. The smallest absolute Gasteiger partial charge is 0.343 e. The van der Waals surface area contributed by atoms with Crippen molar-refractivity contribution in [1.29, 1.82) is 0 Å². The largest absolute Gasteiger partial charge is 0.497 e. The fourth-order valence-electron chi connectivity index (χ4n) is 4.25. The number of carbonyl (C=O) groups excluding carboxylic acids is 2. The van der Waals surface area contributed by atoms with Gasteiger partial charge in [-0.15, -0.1) is 0 Å². The number of nitrogens with zero attached hydrogens (tertiary/aromatic N) is 1. The third kappa shape index (κ3) is 9.95. The average Bonchev–Trinajstić information content (AvgIpc) is 2.98. The van der Waals surface area contributed by atoms with Crippen molar-refractivity contribution in [2.24, 2.45) is 5.92 Å². The summed E-state index contributed by atoms with van der Waals surface area (Å²) in [7, 11) is 5.70. The van der Waals surface area contributed by atoms with Gasteiger partial charge < -0.3 is 34.4 Å². The van der Waals surface area contributed by atoms with Crippen LogP contribution in [0.3, 0.4) is 0 Å². The predicted octanol–water partition coefficient (Wildman–Crippen LogP) is 4.03. The molecule has 0 aromatic heterocycles. The van der Waals surface area contributed by atoms with Crippen LogP contribution in [-0.2, 0) is 15.2 Å². The van der Waals surface area contributed by atoms with Crippen molar-refractivity contribution in [2.45, 2.75) is 51.9 Å². The van der Waals surface area contributed by atoms with Gasteiger partial charge in [0.15, 0.2) is 12.2 Å². The number of hydrogen-bond acceptors (Lipinski definition) is 9. The number of methoxy groups -OCH3 is 1. The summed E-state index contributed by atoms with van der Waals surface area (Å²) in [6.07, 6.45) is -3.41. The molecule has 3 aromatic rings. The zero-order valence-electron chi connectivity index (χ0n) is 25.4. The molecule has 9 heteroatoms. The lowest BCUT2D eigenvalue weighted by atomic mass is 9.80. The first kappa shape index (κ1) is 34.4. The van der Waals surface area contributed by atoms with Crippen LogP contribution in [-0.4, -0.2) is 72.1 Å². The van der Waals surface area contributed by atoms with Crippen molar-refractivity contribution >= 4 is 11.9 Å². The molecule has 9 nitrogen and oxygen atoms in total. The van der Waals surface area contributed by atoms with Gasteiger partial charge in [-0.1, -0.05) is 61.4 Å². The highest BCUT2D eigenvalue weighted by Crippen LogP contribution is 2.35. The predicted molar refractivity (Wildman–Crippen MR) is 161 cm³/mol. The van der Waals surface area contributed by atoms with Crippen LogP contribution in [0.15, 0.2) is 72.8 Å². The number of hydrogen-bond donors (Lipinski definition) is 3. The molecule has 0 amide bonds. The summed E-state index contributed by atoms with van der Waals surface area (Å²) in [6.45, 7) is 8.69. The second-order valence-electron chi connectivity index (χ2n) is 10.5. The maximum Gasteiger partial charge on any atom is 0.343 e. The summed E-state index contributed by atoms with van der Waals surface area (Å²) in [5.74, 6) is -0.951. The van der Waals surface area contributed by atoms with Gasteiger partial charge >= 0.3 is 11.9 Å². The molecular weight excluding hydrogens is 538 g/mol. The summed E-state index contributed by atoms with van der Waals surface area (Å²) in [5, 5.41) is 30.5. The molecule has 42 heavy (non-hydrogen) atoms. The first-order chi connectivity index (χ1) is 19.8. The number of aryl methyl sites for hydroxylation is 2. The molecule has 0 aliphatic carbocycles. The molecule has 0 bridgehead atoms. The molecule has 0 radical (unpaired) electrons. The number of aliphatic hydroxyl groups excluding tert-OH is 2. The Balaban J connectivity index is 0.000000307. The topological polar surface area (TPSA) is 126 Å². The fourth-order valence-corrected chi connectivity index (χ4v) is 4.25. The van der Waals surface area contributed by atoms with Crippen molar-refractivity contribution in [3.8, 4) is 17.2 Å². The summed E-state index contributed by atoms with van der Waals surface area (Å²) < 4.78 is 15.1. The highest BCUT2D eigenvalue weighted by Gasteiger charge is 2.35. The van der Waals surface area contributed by atoms with E-state index in [1.807, 2.05) is 59.1 Å². The lowest BCUT2D eigenvalue weighted by Gasteiger charge is -2.35. The third-order valence-electron chi connectivity index (χ3n) is 6.82. The first-order valence-corrected chi connectivity index (χ1v) is 13.7. The molecule has 0 heterocycles. The molecule has 0 saturated carbocycles. The van der Waals surface area contributed by atoms with Crippen LogP contribution >= 0.6 is 0 Å². The number of aliphatic hydroxyl groups is 3. The third-order valence-corrected chi connectivity index (χ3v) is 6.82. The van der Waals surface area contributed by atoms with E-state index in [9.17, 15) is 24.9 Å². The van der Waals surface area contributed by atoms with Crippen molar-refractivity contribution in [1.82, 2.24) is 4.90 Å². The van der Waals surface area contributed by atoms with Gasteiger partial charge in [0.25, 0.3) is 0 Å². The van der Waals surface area contributed by atoms with E-state index >= 15 is 0 Å². The van der Waals surface area contributed by atoms with E-state index in [4.69, 9.17) is 14.2 Å². The van der Waals surface area contributed by atoms with E-state index in [-0.39, 0.29) is 17.4 Å². The maximum atomic E-state index is 11.8. The molecule has 3 rings (SSSR count). The van der Waals surface area contributed by atoms with Crippen LogP contribution < -0.4 is 14.2 Å². The molecule has 0 spiro atoms. The molecule has 0 aliphatic heterocycles. The highest BCUT2D eigenvalue weighted by molar-refractivity contribution is 5.87. The van der Waals surface area contributed by atoms with E-state index in [1.165, 1.54) is 24.3 Å². The zero-order valence-corrected chi connectivity index (χ0v) is 25.4. The van der Waals surface area contributed by atoms with Gasteiger partial charge in [-0.2, -0.15) is 0 Å². The Labute approximate surface area is 248 Å². The van der Waals surface area contributed by atoms with E-state index in [0.29, 0.717) is 6.42 Å². The minimum Gasteiger partial charge on any atom is -0.497 e. The second-order valence-corrected chi connectivity index (χ2v) is 10.5. The Morgan fingerprint density at radius 3 is 1.64 bits per heavy atom. The Hall–Kier alpha value is -3.76. The molecule has 228 valence electrons. The van der Waals surface area contributed by atoms with Crippen molar-refractivity contribution in [3.63, 3.8) is 0 Å². The number of carbonyl (C=O) groups is 2. The van der Waals surface area contributed by atoms with Gasteiger partial charge in [-0.25, -0.2) is 9.59 Å². The van der Waals surface area contributed by atoms with Crippen LogP contribution in [0.25, 0.3) is 0 Å². The van der Waals surface area contributed by atoms with Crippen molar-refractivity contribution in [3.05, 3.63) is 89.5 Å². The lowest BCUT2D eigenvalue weighted by Crippen LogP contribution is -2.43. The molecule has 0 saturated heterocycles. The number of esters is 2. The fraction of sp³-hybridized carbons (Fsp3) is 0.394. The summed E-state index contributed by atoms with van der Waals surface area (Å²) in [5.41, 5.74) is 2.06. The van der Waals surface area contributed by atoms with Gasteiger partial charge in [0.2, 0.25) is 0 Å². The molecule has 3 N–H and O–H groups in total. The zero-order chi connectivity index (χ0) is 31.4. The number of rotatable bonds is 11. The highest BCUT2D eigenvalue weighted by atomic mass is 16.6. The SMILES string of the molecule is CC[C@](O)(c1cccc(OC)c1)[C@@H](C)CN(C)C.Cc1ccc(OC(=O)[C@H](O)[C@@H](O)C(=O)Oc2ccc(C)cc2)cc1. The van der Waals surface area contributed by atoms with E-state index in [2.05, 4.69) is 11.8 Å². The normalized spacial score (nSPS) is 14.5. The van der Waals surface area contributed by atoms with Crippen LogP contribution in [0.2, 0.25) is 0 Å². The van der Waals surface area contributed by atoms with Gasteiger partial charge in [-0.05, 0) is 76.3 Å². The Morgan fingerprint density at radius 1 is 0.810 bits per heavy atom. The summed E-state index contributed by atoms with van der Waals surface area (Å²) >= 11 is 0. The quantitative estimate of drug-likeness (QED) is 0.227. The second kappa shape index (κ2) is 16.0.